The largest absolute Gasteiger partial charge is 0.344 e. The second-order valence-corrected chi connectivity index (χ2v) is 4.46. The van der Waals surface area contributed by atoms with Gasteiger partial charge in [-0.15, -0.1) is 6.58 Å². The maximum absolute atomic E-state index is 11.5. The average Bonchev–Trinajstić information content (AvgIpc) is 2.22. The summed E-state index contributed by atoms with van der Waals surface area (Å²) in [7, 11) is 0. The highest BCUT2D eigenvalue weighted by atomic mass is 16.2. The first-order valence-electron chi connectivity index (χ1n) is 5.98. The molecule has 0 bridgehead atoms. The number of nitrogens with one attached hydrogen (secondary N) is 1. The van der Waals surface area contributed by atoms with Gasteiger partial charge in [-0.1, -0.05) is 18.2 Å². The number of allylic oxidation sites excluding steroid dienone is 2. The van der Waals surface area contributed by atoms with Crippen molar-refractivity contribution in [2.45, 2.75) is 52.0 Å². The van der Waals surface area contributed by atoms with Crippen LogP contribution in [0.3, 0.4) is 0 Å². The minimum Gasteiger partial charge on any atom is -0.344 e. The van der Waals surface area contributed by atoms with Crippen LogP contribution in [-0.2, 0) is 9.59 Å². The molecule has 0 radical (unpaired) electrons. The van der Waals surface area contributed by atoms with Crippen molar-refractivity contribution in [3.63, 3.8) is 0 Å². The van der Waals surface area contributed by atoms with Crippen LogP contribution in [0.25, 0.3) is 0 Å². The highest BCUT2D eigenvalue weighted by Crippen LogP contribution is 2.12. The fraction of sp³-hybridized carbons (Fsp3) is 0.571. The Hall–Kier alpha value is -1.38. The van der Waals surface area contributed by atoms with Crippen LogP contribution < -0.4 is 5.32 Å². The topological polar surface area (TPSA) is 46.2 Å². The number of unbranched alkanes of at least 4 members (excludes halogenated alkanes) is 2. The van der Waals surface area contributed by atoms with E-state index in [1.807, 2.05) is 18.2 Å². The summed E-state index contributed by atoms with van der Waals surface area (Å²) in [5, 5.41) is 2.70. The second kappa shape index (κ2) is 7.82. The molecule has 0 fully saturated rings. The normalized spacial score (nSPS) is 14.3. The van der Waals surface area contributed by atoms with E-state index in [9.17, 15) is 9.59 Å². The molecule has 0 saturated carbocycles. The molecule has 0 saturated heterocycles. The Kier molecular flexibility index (Phi) is 7.19. The maximum Gasteiger partial charge on any atom is 0.217 e. The number of carbonyl (C=O) groups is 2. The summed E-state index contributed by atoms with van der Waals surface area (Å²) < 4.78 is 0. The zero-order chi connectivity index (χ0) is 13.3. The summed E-state index contributed by atoms with van der Waals surface area (Å²) >= 11 is 0. The standard InChI is InChI=1S/C14H23NO2/c1-5-6-7-8-9-10-11-14(4,12(2)16)15-13(3)17/h5,9-10H,1,6-8,11H2,2-4H3,(H,15,17)/b10-9+. The summed E-state index contributed by atoms with van der Waals surface area (Å²) in [6.45, 7) is 8.34. The van der Waals surface area contributed by atoms with Gasteiger partial charge in [-0.2, -0.15) is 0 Å². The first-order valence-corrected chi connectivity index (χ1v) is 5.98. The van der Waals surface area contributed by atoms with Crippen molar-refractivity contribution in [1.82, 2.24) is 5.32 Å². The summed E-state index contributed by atoms with van der Waals surface area (Å²) in [5.41, 5.74) is -0.777. The number of hydrogen-bond acceptors (Lipinski definition) is 2. The van der Waals surface area contributed by atoms with Gasteiger partial charge in [-0.05, 0) is 39.5 Å². The van der Waals surface area contributed by atoms with Gasteiger partial charge in [-0.25, -0.2) is 0 Å². The summed E-state index contributed by atoms with van der Waals surface area (Å²) in [6, 6.07) is 0. The first kappa shape index (κ1) is 15.6. The molecule has 0 aliphatic heterocycles. The van der Waals surface area contributed by atoms with E-state index in [1.165, 1.54) is 13.8 Å². The molecule has 0 heterocycles. The van der Waals surface area contributed by atoms with Gasteiger partial charge in [0.05, 0.1) is 5.54 Å². The molecule has 0 rings (SSSR count). The molecule has 0 aromatic carbocycles. The van der Waals surface area contributed by atoms with Gasteiger partial charge >= 0.3 is 0 Å². The van der Waals surface area contributed by atoms with E-state index in [0.717, 1.165) is 19.3 Å². The minimum atomic E-state index is -0.777. The summed E-state index contributed by atoms with van der Waals surface area (Å²) in [4.78, 5) is 22.5. The number of ketones is 1. The predicted molar refractivity (Wildman–Crippen MR) is 70.7 cm³/mol. The van der Waals surface area contributed by atoms with Crippen LogP contribution in [-0.4, -0.2) is 17.2 Å². The zero-order valence-corrected chi connectivity index (χ0v) is 11.1. The highest BCUT2D eigenvalue weighted by molar-refractivity contribution is 5.90. The molecule has 17 heavy (non-hydrogen) atoms. The monoisotopic (exact) mass is 237 g/mol. The van der Waals surface area contributed by atoms with E-state index in [0.29, 0.717) is 6.42 Å². The van der Waals surface area contributed by atoms with Gasteiger partial charge in [0.15, 0.2) is 5.78 Å². The van der Waals surface area contributed by atoms with Gasteiger partial charge in [0.2, 0.25) is 5.91 Å². The maximum atomic E-state index is 11.5. The Labute approximate surface area is 104 Å². The molecule has 1 atom stereocenters. The van der Waals surface area contributed by atoms with Gasteiger partial charge in [0, 0.05) is 6.92 Å². The van der Waals surface area contributed by atoms with Crippen LogP contribution in [0.2, 0.25) is 0 Å². The fourth-order valence-corrected chi connectivity index (χ4v) is 1.49. The zero-order valence-electron chi connectivity index (χ0n) is 11.1. The minimum absolute atomic E-state index is 0.0246. The van der Waals surface area contributed by atoms with Crippen molar-refractivity contribution in [1.29, 1.82) is 0 Å². The lowest BCUT2D eigenvalue weighted by Gasteiger charge is -2.26. The Morgan fingerprint density at radius 1 is 1.24 bits per heavy atom. The number of rotatable bonds is 8. The smallest absolute Gasteiger partial charge is 0.217 e. The van der Waals surface area contributed by atoms with Crippen LogP contribution in [0.4, 0.5) is 0 Å². The quantitative estimate of drug-likeness (QED) is 0.521. The van der Waals surface area contributed by atoms with Crippen molar-refractivity contribution in [2.24, 2.45) is 0 Å². The molecule has 0 aromatic heterocycles. The third kappa shape index (κ3) is 6.72. The lowest BCUT2D eigenvalue weighted by atomic mass is 9.92. The second-order valence-electron chi connectivity index (χ2n) is 4.46. The molecule has 1 N–H and O–H groups in total. The van der Waals surface area contributed by atoms with Crippen molar-refractivity contribution in [3.8, 4) is 0 Å². The van der Waals surface area contributed by atoms with E-state index in [1.54, 1.807) is 6.92 Å². The molecule has 0 aromatic rings. The number of Topliss-reactive ketones (excluding diaryl/α,β-unsaturated/α-hetero) is 1. The molecule has 96 valence electrons. The predicted octanol–water partition coefficient (Wildman–Crippen LogP) is 2.77. The lowest BCUT2D eigenvalue weighted by Crippen LogP contribution is -2.50. The Balaban J connectivity index is 4.22. The molecular formula is C14H23NO2. The van der Waals surface area contributed by atoms with E-state index >= 15 is 0 Å². The van der Waals surface area contributed by atoms with Crippen LogP contribution in [0.15, 0.2) is 24.8 Å². The van der Waals surface area contributed by atoms with Crippen molar-refractivity contribution in [2.75, 3.05) is 0 Å². The van der Waals surface area contributed by atoms with Gasteiger partial charge in [0.1, 0.15) is 0 Å². The van der Waals surface area contributed by atoms with Gasteiger partial charge in [0.25, 0.3) is 0 Å². The van der Waals surface area contributed by atoms with Crippen molar-refractivity contribution in [3.05, 3.63) is 24.8 Å². The van der Waals surface area contributed by atoms with Gasteiger partial charge < -0.3 is 5.32 Å². The SMILES string of the molecule is C=CCCC/C=C/CC(C)(NC(C)=O)C(C)=O. The first-order chi connectivity index (χ1) is 7.92. The lowest BCUT2D eigenvalue weighted by molar-refractivity contribution is -0.129. The third-order valence-electron chi connectivity index (χ3n) is 2.70. The summed E-state index contributed by atoms with van der Waals surface area (Å²) in [6.07, 6.45) is 9.48. The Morgan fingerprint density at radius 3 is 2.35 bits per heavy atom. The number of hydrogen-bond donors (Lipinski definition) is 1. The molecule has 3 nitrogen and oxygen atoms in total. The summed E-state index contributed by atoms with van der Waals surface area (Å²) in [5.74, 6) is -0.203. The average molecular weight is 237 g/mol. The molecule has 3 heteroatoms. The van der Waals surface area contributed by atoms with Crippen LogP contribution >= 0.6 is 0 Å². The third-order valence-corrected chi connectivity index (χ3v) is 2.70. The Morgan fingerprint density at radius 2 is 1.88 bits per heavy atom. The van der Waals surface area contributed by atoms with Crippen molar-refractivity contribution < 1.29 is 9.59 Å². The molecule has 1 amide bonds. The number of carbonyl (C=O) groups excluding carboxylic acids is 2. The number of amides is 1. The fourth-order valence-electron chi connectivity index (χ4n) is 1.49. The van der Waals surface area contributed by atoms with E-state index in [4.69, 9.17) is 0 Å². The van der Waals surface area contributed by atoms with Crippen molar-refractivity contribution >= 4 is 11.7 Å². The van der Waals surface area contributed by atoms with Crippen LogP contribution in [0.5, 0.6) is 0 Å². The molecule has 0 spiro atoms. The Bertz CT molecular complexity index is 307. The van der Waals surface area contributed by atoms with E-state index in [2.05, 4.69) is 11.9 Å². The van der Waals surface area contributed by atoms with Gasteiger partial charge in [-0.3, -0.25) is 9.59 Å². The van der Waals surface area contributed by atoms with E-state index in [-0.39, 0.29) is 11.7 Å². The van der Waals surface area contributed by atoms with Crippen LogP contribution in [0.1, 0.15) is 46.5 Å². The molecular weight excluding hydrogens is 214 g/mol. The molecule has 1 unspecified atom stereocenters. The molecule has 0 aliphatic carbocycles. The van der Waals surface area contributed by atoms with E-state index < -0.39 is 5.54 Å². The van der Waals surface area contributed by atoms with Crippen LogP contribution in [0, 0.1) is 0 Å². The highest BCUT2D eigenvalue weighted by Gasteiger charge is 2.28. The molecule has 0 aliphatic rings.